The molecule has 0 saturated heterocycles. The summed E-state index contributed by atoms with van der Waals surface area (Å²) >= 11 is 0. The Kier molecular flexibility index (Phi) is 71.1. The van der Waals surface area contributed by atoms with E-state index in [9.17, 15) is 15.3 Å². The fourth-order valence-electron chi connectivity index (χ4n) is 7.87. The van der Waals surface area contributed by atoms with Crippen LogP contribution in [0.15, 0.2) is 54.1 Å². The van der Waals surface area contributed by atoms with Gasteiger partial charge in [-0.25, -0.2) is 0 Å². The Morgan fingerprint density at radius 2 is 0.595 bits per heavy atom. The van der Waals surface area contributed by atoms with Gasteiger partial charge in [0.2, 0.25) is 0 Å². The maximum absolute atomic E-state index is 9.65. The molecule has 2 saturated carbocycles. The Balaban J connectivity index is 0.000000923. The quantitative estimate of drug-likeness (QED) is 0.0521. The molecular formula is C27H91FeO3P53. The van der Waals surface area contributed by atoms with Crippen molar-refractivity contribution in [3.63, 3.8) is 0 Å². The molecular weight excluding hydrogens is 2070 g/mol. The van der Waals surface area contributed by atoms with Crippen molar-refractivity contribution >= 4 is 429 Å². The van der Waals surface area contributed by atoms with E-state index in [1.165, 1.54) is 68.9 Å². The normalized spacial score (nSPS) is 16.0. The average molecular weight is 2160 g/mol. The number of phenolic OH excluding ortho intramolecular Hbond substituents is 2. The van der Waals surface area contributed by atoms with Gasteiger partial charge in [-0.1, -0.05) is 82.7 Å². The third-order valence-corrected chi connectivity index (χ3v) is 378. The van der Waals surface area contributed by atoms with E-state index >= 15 is 0 Å². The van der Waals surface area contributed by atoms with Crippen molar-refractivity contribution in [1.29, 1.82) is 0 Å². The van der Waals surface area contributed by atoms with Gasteiger partial charge in [0.05, 0.1) is 0 Å². The summed E-state index contributed by atoms with van der Waals surface area (Å²) in [4.78, 5) is 0. The van der Waals surface area contributed by atoms with Crippen molar-refractivity contribution in [1.82, 2.24) is 0 Å². The molecule has 2 aliphatic rings. The summed E-state index contributed by atoms with van der Waals surface area (Å²) in [5.41, 5.74) is 4.72. The smallest absolute Gasteiger partial charge is 0.115 e. The minimum absolute atomic E-state index is 0. The van der Waals surface area contributed by atoms with E-state index in [1.54, 1.807) is 24.3 Å². The standard InChI is InChI=1S/C22H26O3.C5H10.Fe.H55P53/c23-15-3-6-21(16-4-1-2-5-16)22(17-7-11-19(24)12-8-17)18-9-13-20(25)14-10-18;1-2-4-5-3-1;;1-28-42(29(2)3)49(43(30(4)5)31(6)7)52(48(40(24)25)41(26)27)53(50(44(32(8)9)33(10)11)45(34(12)13)35(14)15)51(46(36(16)17)37(18)19)47(38(20)21)39(22)23/h7-14,16,23-25H,1-6,15H2;1-5H2;;28H,1-27H2. The van der Waals surface area contributed by atoms with E-state index in [0.717, 1.165) is 31.9 Å². The number of hydrogen-bond acceptors (Lipinski definition) is 3. The zero-order valence-corrected chi connectivity index (χ0v) is 101. The topological polar surface area (TPSA) is 60.7 Å². The van der Waals surface area contributed by atoms with E-state index in [-0.39, 0.29) is 210 Å². The number of phenols is 2. The predicted octanol–water partition coefficient (Wildman–Crippen LogP) is 37.7. The SMILES string of the molecule is C1CCCC1.OCCCC(=C(c1ccc(O)cc1)c1ccc(O)cc1)C1CCCC1.PPP(P(P)P)P(P(P(P)P)P(P)P)P(P(P(P)P)P(P)P)P(P(P(P(P)P)P(P)P)P(P(P)P)P(P)P)P(P(P(P)P)P(P)P)P(P(P)P)P(P)P.[Fe]. The minimum Gasteiger partial charge on any atom is -0.508 e. The summed E-state index contributed by atoms with van der Waals surface area (Å²) in [7, 11) is 95.5. The van der Waals surface area contributed by atoms with E-state index in [2.05, 4.69) is 241 Å². The zero-order valence-electron chi connectivity index (χ0n) is 45.6. The van der Waals surface area contributed by atoms with Gasteiger partial charge in [0.25, 0.3) is 0 Å². The van der Waals surface area contributed by atoms with Crippen molar-refractivity contribution in [3.8, 4) is 11.5 Å². The second kappa shape index (κ2) is 58.0. The molecule has 0 bridgehead atoms. The van der Waals surface area contributed by atoms with Gasteiger partial charge in [-0.2, -0.15) is 0 Å². The van der Waals surface area contributed by atoms with E-state index < -0.39 is 0 Å². The van der Waals surface area contributed by atoms with E-state index in [1.807, 2.05) is 24.3 Å². The van der Waals surface area contributed by atoms with E-state index in [4.69, 9.17) is 0 Å². The Labute approximate surface area is 613 Å². The van der Waals surface area contributed by atoms with Crippen molar-refractivity contribution in [2.45, 2.75) is 70.6 Å². The summed E-state index contributed by atoms with van der Waals surface area (Å²) in [6.07, 6.45) is 14.0. The Hall–Kier alpha value is 21.0. The Morgan fingerprint density at radius 3 is 0.821 bits per heavy atom. The van der Waals surface area contributed by atoms with Gasteiger partial charge in [-0.3, -0.25) is 0 Å². The number of allylic oxidation sites excluding steroid dienone is 1. The molecule has 490 valence electrons. The molecule has 0 aromatic heterocycles. The van der Waals surface area contributed by atoms with Crippen LogP contribution in [0, 0.1) is 5.92 Å². The molecule has 57 heteroatoms. The first-order valence-corrected chi connectivity index (χ1v) is 120. The Morgan fingerprint density at radius 1 is 0.357 bits per heavy atom. The van der Waals surface area contributed by atoms with E-state index in [0.29, 0.717) is 5.92 Å². The van der Waals surface area contributed by atoms with Crippen LogP contribution in [0.5, 0.6) is 11.5 Å². The first kappa shape index (κ1) is 103. The van der Waals surface area contributed by atoms with Crippen LogP contribution < -0.4 is 0 Å². The summed E-state index contributed by atoms with van der Waals surface area (Å²) < 4.78 is 0. The minimum atomic E-state index is -0.216. The van der Waals surface area contributed by atoms with Crippen LogP contribution in [0.25, 0.3) is 5.57 Å². The molecule has 3 N–H and O–H groups in total. The van der Waals surface area contributed by atoms with Gasteiger partial charge < -0.3 is 15.3 Å². The van der Waals surface area contributed by atoms with Crippen molar-refractivity contribution < 1.29 is 32.4 Å². The number of aromatic hydroxyl groups is 2. The van der Waals surface area contributed by atoms with Gasteiger partial charge in [-0.15, -0.1) is 241 Å². The van der Waals surface area contributed by atoms with Crippen LogP contribution in [0.2, 0.25) is 0 Å². The number of benzene rings is 2. The molecule has 84 heavy (non-hydrogen) atoms. The summed E-state index contributed by atoms with van der Waals surface area (Å²) in [6.45, 7) is -4.11. The summed E-state index contributed by atoms with van der Waals surface area (Å²) in [6, 6.07) is 14.7. The fourth-order valence-corrected chi connectivity index (χ4v) is 762. The molecule has 0 spiro atoms. The molecule has 0 radical (unpaired) electrons. The molecule has 0 amide bonds. The Bertz CT molecular complexity index is 1890. The number of aliphatic hydroxyl groups excluding tert-OH is 1. The average Bonchev–Trinajstić information content (AvgIpc) is 2.79. The molecule has 2 aromatic rings. The van der Waals surface area contributed by atoms with Crippen LogP contribution in [0.4, 0.5) is 0 Å². The molecule has 4 rings (SSSR count). The molecule has 31 atom stereocenters. The molecule has 2 aromatic carbocycles. The van der Waals surface area contributed by atoms with Crippen molar-refractivity contribution in [2.75, 3.05) is 6.61 Å². The molecule has 3 nitrogen and oxygen atoms in total. The zero-order chi connectivity index (χ0) is 63.3. The van der Waals surface area contributed by atoms with Gasteiger partial charge in [0.15, 0.2) is 0 Å². The van der Waals surface area contributed by atoms with Crippen LogP contribution >= 0.6 is 424 Å². The molecule has 0 aliphatic heterocycles. The van der Waals surface area contributed by atoms with Crippen LogP contribution in [-0.4, -0.2) is 21.9 Å². The molecule has 0 heterocycles. The van der Waals surface area contributed by atoms with Crippen LogP contribution in [-0.2, 0) is 17.1 Å². The molecule has 31 unspecified atom stereocenters. The van der Waals surface area contributed by atoms with Crippen LogP contribution in [0.1, 0.15) is 81.8 Å². The number of rotatable bonds is 31. The third kappa shape index (κ3) is 36.7. The van der Waals surface area contributed by atoms with Gasteiger partial charge in [0.1, 0.15) is 11.5 Å². The third-order valence-electron chi connectivity index (χ3n) is 10.9. The second-order valence-electron chi connectivity index (χ2n) is 16.9. The molecule has 2 aliphatic carbocycles. The molecule has 2 fully saturated rings. The predicted molar refractivity (Wildman–Crippen MR) is 567 cm³/mol. The van der Waals surface area contributed by atoms with Gasteiger partial charge in [0, 0.05) is 23.7 Å². The first-order chi connectivity index (χ1) is 38.8. The number of aliphatic hydroxyl groups is 1. The second-order valence-corrected chi connectivity index (χ2v) is 233. The fraction of sp³-hybridized carbons (Fsp3) is 0.481. The monoisotopic (exact) mass is 2160 g/mol. The van der Waals surface area contributed by atoms with Gasteiger partial charge >= 0.3 is 0 Å². The summed E-state index contributed by atoms with van der Waals surface area (Å²) in [5.74, 6) is 1.06. The van der Waals surface area contributed by atoms with Gasteiger partial charge in [-0.05, 0) is 247 Å². The summed E-state index contributed by atoms with van der Waals surface area (Å²) in [5, 5.41) is 28.7. The van der Waals surface area contributed by atoms with Crippen LogP contribution in [0.3, 0.4) is 0 Å². The maximum atomic E-state index is 9.65. The van der Waals surface area contributed by atoms with Crippen molar-refractivity contribution in [2.24, 2.45) is 5.92 Å². The largest absolute Gasteiger partial charge is 0.508 e. The maximum Gasteiger partial charge on any atom is 0.115 e. The first-order valence-electron chi connectivity index (χ1n) is 23.6. The number of hydrogen-bond donors (Lipinski definition) is 3. The van der Waals surface area contributed by atoms with Crippen molar-refractivity contribution in [3.05, 3.63) is 65.2 Å².